The normalized spacial score (nSPS) is 11.8. The molecule has 0 amide bonds. The number of Topliss-reactive ketones (excluding diaryl/α,β-unsaturated/α-hetero) is 1. The standard InChI is InChI=1S/C15H19N3O/c1-10(19)9-16-15(3,4)14-17-11(2)12-7-5-6-8-13(12)18-14/h5-8,16H,9H2,1-4H3. The van der Waals surface area contributed by atoms with Gasteiger partial charge in [0.05, 0.1) is 17.6 Å². The van der Waals surface area contributed by atoms with Crippen molar-refractivity contribution < 1.29 is 4.79 Å². The maximum absolute atomic E-state index is 11.1. The van der Waals surface area contributed by atoms with E-state index in [1.807, 2.05) is 45.0 Å². The van der Waals surface area contributed by atoms with Crippen LogP contribution >= 0.6 is 0 Å². The van der Waals surface area contributed by atoms with Gasteiger partial charge in [-0.05, 0) is 33.8 Å². The topological polar surface area (TPSA) is 54.9 Å². The molecule has 0 aliphatic rings. The fourth-order valence-electron chi connectivity index (χ4n) is 1.94. The van der Waals surface area contributed by atoms with E-state index >= 15 is 0 Å². The Morgan fingerprint density at radius 1 is 1.26 bits per heavy atom. The van der Waals surface area contributed by atoms with E-state index in [-0.39, 0.29) is 5.78 Å². The Hall–Kier alpha value is -1.81. The summed E-state index contributed by atoms with van der Waals surface area (Å²) in [6, 6.07) is 7.95. The van der Waals surface area contributed by atoms with Gasteiger partial charge in [-0.1, -0.05) is 18.2 Å². The number of carbonyl (C=O) groups excluding carboxylic acids is 1. The Kier molecular flexibility index (Phi) is 3.62. The smallest absolute Gasteiger partial charge is 0.148 e. The van der Waals surface area contributed by atoms with Crippen molar-refractivity contribution in [2.45, 2.75) is 33.2 Å². The predicted molar refractivity (Wildman–Crippen MR) is 76.0 cm³/mol. The third kappa shape index (κ3) is 2.96. The zero-order valence-corrected chi connectivity index (χ0v) is 11.8. The van der Waals surface area contributed by atoms with Crippen molar-refractivity contribution in [2.75, 3.05) is 6.54 Å². The van der Waals surface area contributed by atoms with Gasteiger partial charge >= 0.3 is 0 Å². The SMILES string of the molecule is CC(=O)CNC(C)(C)c1nc(C)c2ccccc2n1. The van der Waals surface area contributed by atoms with Gasteiger partial charge < -0.3 is 0 Å². The van der Waals surface area contributed by atoms with Gasteiger partial charge in [0.25, 0.3) is 0 Å². The number of rotatable bonds is 4. The zero-order chi connectivity index (χ0) is 14.0. The summed E-state index contributed by atoms with van der Waals surface area (Å²) < 4.78 is 0. The van der Waals surface area contributed by atoms with E-state index in [1.165, 1.54) is 0 Å². The largest absolute Gasteiger partial charge is 0.299 e. The predicted octanol–water partition coefficient (Wildman–Crippen LogP) is 2.35. The average molecular weight is 257 g/mol. The van der Waals surface area contributed by atoms with E-state index in [0.717, 1.165) is 16.6 Å². The van der Waals surface area contributed by atoms with Gasteiger partial charge in [0.15, 0.2) is 0 Å². The Morgan fingerprint density at radius 2 is 1.95 bits per heavy atom. The number of aryl methyl sites for hydroxylation is 1. The van der Waals surface area contributed by atoms with Gasteiger partial charge in [-0.3, -0.25) is 10.1 Å². The molecule has 0 saturated carbocycles. The van der Waals surface area contributed by atoms with E-state index in [4.69, 9.17) is 0 Å². The minimum Gasteiger partial charge on any atom is -0.299 e. The second kappa shape index (κ2) is 5.05. The maximum atomic E-state index is 11.1. The van der Waals surface area contributed by atoms with Gasteiger partial charge in [0.1, 0.15) is 11.6 Å². The van der Waals surface area contributed by atoms with Crippen LogP contribution in [0, 0.1) is 6.92 Å². The molecule has 1 heterocycles. The highest BCUT2D eigenvalue weighted by molar-refractivity contribution is 5.80. The molecule has 0 spiro atoms. The minimum absolute atomic E-state index is 0.102. The van der Waals surface area contributed by atoms with Crippen LogP contribution in [0.4, 0.5) is 0 Å². The molecule has 0 radical (unpaired) electrons. The van der Waals surface area contributed by atoms with Crippen LogP contribution in [0.5, 0.6) is 0 Å². The summed E-state index contributed by atoms with van der Waals surface area (Å²) in [6.45, 7) is 7.84. The summed E-state index contributed by atoms with van der Waals surface area (Å²) in [5.74, 6) is 0.815. The maximum Gasteiger partial charge on any atom is 0.148 e. The molecular formula is C15H19N3O. The molecule has 0 aliphatic heterocycles. The summed E-state index contributed by atoms with van der Waals surface area (Å²) in [6.07, 6.45) is 0. The number of nitrogens with zero attached hydrogens (tertiary/aromatic N) is 2. The van der Waals surface area contributed by atoms with Crippen molar-refractivity contribution in [1.82, 2.24) is 15.3 Å². The first kappa shape index (κ1) is 13.6. The molecule has 1 aromatic heterocycles. The molecule has 19 heavy (non-hydrogen) atoms. The van der Waals surface area contributed by atoms with Crippen LogP contribution < -0.4 is 5.32 Å². The van der Waals surface area contributed by atoms with Gasteiger partial charge in [0, 0.05) is 11.1 Å². The highest BCUT2D eigenvalue weighted by atomic mass is 16.1. The van der Waals surface area contributed by atoms with Crippen LogP contribution in [-0.4, -0.2) is 22.3 Å². The molecule has 1 aromatic carbocycles. The van der Waals surface area contributed by atoms with Gasteiger partial charge in [-0.25, -0.2) is 9.97 Å². The lowest BCUT2D eigenvalue weighted by molar-refractivity contribution is -0.116. The number of benzene rings is 1. The molecule has 0 fully saturated rings. The lowest BCUT2D eigenvalue weighted by atomic mass is 10.0. The average Bonchev–Trinajstić information content (AvgIpc) is 2.36. The molecule has 0 aliphatic carbocycles. The molecule has 2 aromatic rings. The van der Waals surface area contributed by atoms with E-state index in [0.29, 0.717) is 12.4 Å². The van der Waals surface area contributed by atoms with Crippen molar-refractivity contribution in [1.29, 1.82) is 0 Å². The molecule has 4 heteroatoms. The quantitative estimate of drug-likeness (QED) is 0.913. The highest BCUT2D eigenvalue weighted by Crippen LogP contribution is 2.21. The van der Waals surface area contributed by atoms with Crippen LogP contribution in [0.25, 0.3) is 10.9 Å². The van der Waals surface area contributed by atoms with Gasteiger partial charge in [-0.2, -0.15) is 0 Å². The lowest BCUT2D eigenvalue weighted by Gasteiger charge is -2.24. The Balaban J connectivity index is 2.42. The Bertz CT molecular complexity index is 620. The van der Waals surface area contributed by atoms with Crippen molar-refractivity contribution in [3.05, 3.63) is 35.8 Å². The number of aromatic nitrogens is 2. The second-order valence-electron chi connectivity index (χ2n) is 5.33. The van der Waals surface area contributed by atoms with E-state index in [1.54, 1.807) is 6.92 Å². The molecule has 0 bridgehead atoms. The zero-order valence-electron chi connectivity index (χ0n) is 11.8. The van der Waals surface area contributed by atoms with E-state index < -0.39 is 5.54 Å². The number of nitrogens with one attached hydrogen (secondary N) is 1. The van der Waals surface area contributed by atoms with E-state index in [2.05, 4.69) is 15.3 Å². The van der Waals surface area contributed by atoms with E-state index in [9.17, 15) is 4.79 Å². The van der Waals surface area contributed by atoms with Crippen LogP contribution in [0.1, 0.15) is 32.3 Å². The van der Waals surface area contributed by atoms with Crippen molar-refractivity contribution in [3.8, 4) is 0 Å². The first-order valence-electron chi connectivity index (χ1n) is 6.38. The van der Waals surface area contributed by atoms with Crippen LogP contribution in [0.3, 0.4) is 0 Å². The number of para-hydroxylation sites is 1. The summed E-state index contributed by atoms with van der Waals surface area (Å²) in [7, 11) is 0. The van der Waals surface area contributed by atoms with Crippen molar-refractivity contribution >= 4 is 16.7 Å². The summed E-state index contributed by atoms with van der Waals surface area (Å²) in [4.78, 5) is 20.3. The second-order valence-corrected chi connectivity index (χ2v) is 5.33. The lowest BCUT2D eigenvalue weighted by Crippen LogP contribution is -2.40. The molecular weight excluding hydrogens is 238 g/mol. The van der Waals surface area contributed by atoms with Crippen molar-refractivity contribution in [2.24, 2.45) is 0 Å². The summed E-state index contributed by atoms with van der Waals surface area (Å²) in [5, 5.41) is 4.26. The van der Waals surface area contributed by atoms with Gasteiger partial charge in [-0.15, -0.1) is 0 Å². The minimum atomic E-state index is -0.430. The number of hydrogen-bond acceptors (Lipinski definition) is 4. The third-order valence-electron chi connectivity index (χ3n) is 3.13. The first-order valence-corrected chi connectivity index (χ1v) is 6.38. The van der Waals surface area contributed by atoms with Crippen LogP contribution in [0.2, 0.25) is 0 Å². The Morgan fingerprint density at radius 3 is 2.63 bits per heavy atom. The van der Waals surface area contributed by atoms with Crippen LogP contribution in [-0.2, 0) is 10.3 Å². The fourth-order valence-corrected chi connectivity index (χ4v) is 1.94. The molecule has 0 unspecified atom stereocenters. The fraction of sp³-hybridized carbons (Fsp3) is 0.400. The summed E-state index contributed by atoms with van der Waals surface area (Å²) in [5.41, 5.74) is 1.46. The third-order valence-corrected chi connectivity index (χ3v) is 3.13. The molecule has 2 rings (SSSR count). The molecule has 1 N–H and O–H groups in total. The van der Waals surface area contributed by atoms with Gasteiger partial charge in [0.2, 0.25) is 0 Å². The highest BCUT2D eigenvalue weighted by Gasteiger charge is 2.24. The van der Waals surface area contributed by atoms with Crippen molar-refractivity contribution in [3.63, 3.8) is 0 Å². The molecule has 0 atom stereocenters. The number of ketones is 1. The number of fused-ring (bicyclic) bond motifs is 1. The molecule has 4 nitrogen and oxygen atoms in total. The molecule has 0 saturated heterocycles. The Labute approximate surface area is 113 Å². The van der Waals surface area contributed by atoms with Crippen LogP contribution in [0.15, 0.2) is 24.3 Å². The number of carbonyl (C=O) groups is 1. The first-order chi connectivity index (χ1) is 8.90. The summed E-state index contributed by atoms with van der Waals surface area (Å²) >= 11 is 0. The molecule has 100 valence electrons. The monoisotopic (exact) mass is 257 g/mol. The number of hydrogen-bond donors (Lipinski definition) is 1.